The fourth-order valence-electron chi connectivity index (χ4n) is 3.65. The molecule has 3 aromatic rings. The monoisotopic (exact) mass is 401 g/mol. The zero-order chi connectivity index (χ0) is 20.9. The summed E-state index contributed by atoms with van der Waals surface area (Å²) in [6.07, 6.45) is -0.160. The number of alkyl carbamates (subject to hydrolysis) is 1. The summed E-state index contributed by atoms with van der Waals surface area (Å²) >= 11 is 0. The first-order valence-electron chi connectivity index (χ1n) is 9.70. The molecule has 2 N–H and O–H groups in total. The van der Waals surface area contributed by atoms with E-state index >= 15 is 0 Å². The lowest BCUT2D eigenvalue weighted by Crippen LogP contribution is -2.26. The van der Waals surface area contributed by atoms with Gasteiger partial charge >= 0.3 is 6.09 Å². The normalized spacial score (nSPS) is 11.8. The molecular formula is C25H20FNO3. The highest BCUT2D eigenvalue weighted by Gasteiger charge is 2.28. The van der Waals surface area contributed by atoms with Gasteiger partial charge in [0.05, 0.1) is 5.56 Å². The molecule has 0 aliphatic heterocycles. The third-order valence-corrected chi connectivity index (χ3v) is 5.07. The third-order valence-electron chi connectivity index (χ3n) is 5.07. The summed E-state index contributed by atoms with van der Waals surface area (Å²) in [5.74, 6) is 4.34. The molecule has 0 fully saturated rings. The average Bonchev–Trinajstić information content (AvgIpc) is 3.09. The topological polar surface area (TPSA) is 58.6 Å². The van der Waals surface area contributed by atoms with E-state index in [1.165, 1.54) is 29.3 Å². The number of carbonyl (C=O) groups is 1. The second-order valence-electron chi connectivity index (χ2n) is 6.94. The summed E-state index contributed by atoms with van der Waals surface area (Å²) in [7, 11) is 0. The maximum Gasteiger partial charge on any atom is 0.407 e. The van der Waals surface area contributed by atoms with Gasteiger partial charge in [-0.25, -0.2) is 9.18 Å². The molecule has 0 radical (unpaired) electrons. The fourth-order valence-corrected chi connectivity index (χ4v) is 3.65. The number of phenolic OH excluding ortho intramolecular Hbond substituents is 1. The predicted octanol–water partition coefficient (Wildman–Crippen LogP) is 4.81. The molecule has 1 amide bonds. The highest BCUT2D eigenvalue weighted by Crippen LogP contribution is 2.44. The van der Waals surface area contributed by atoms with Gasteiger partial charge in [-0.15, -0.1) is 0 Å². The van der Waals surface area contributed by atoms with Crippen molar-refractivity contribution in [2.45, 2.75) is 12.3 Å². The van der Waals surface area contributed by atoms with Crippen LogP contribution in [0.1, 0.15) is 29.0 Å². The van der Waals surface area contributed by atoms with E-state index < -0.39 is 17.7 Å². The van der Waals surface area contributed by atoms with Crippen LogP contribution in [0.5, 0.6) is 5.75 Å². The first kappa shape index (κ1) is 19.5. The molecule has 0 unspecified atom stereocenters. The number of fused-ring (bicyclic) bond motifs is 3. The molecular weight excluding hydrogens is 381 g/mol. The van der Waals surface area contributed by atoms with Crippen LogP contribution in [-0.4, -0.2) is 24.4 Å². The van der Waals surface area contributed by atoms with E-state index in [2.05, 4.69) is 41.4 Å². The van der Waals surface area contributed by atoms with Gasteiger partial charge in [-0.2, -0.15) is 0 Å². The van der Waals surface area contributed by atoms with Gasteiger partial charge in [-0.1, -0.05) is 66.4 Å². The van der Waals surface area contributed by atoms with Gasteiger partial charge in [-0.05, 0) is 34.4 Å². The number of ether oxygens (including phenoxy) is 1. The lowest BCUT2D eigenvalue weighted by atomic mass is 9.98. The predicted molar refractivity (Wildman–Crippen MR) is 113 cm³/mol. The summed E-state index contributed by atoms with van der Waals surface area (Å²) in [6, 6.07) is 20.5. The van der Waals surface area contributed by atoms with Crippen molar-refractivity contribution >= 4 is 6.09 Å². The Morgan fingerprint density at radius 2 is 1.67 bits per heavy atom. The van der Waals surface area contributed by atoms with Crippen molar-refractivity contribution in [2.24, 2.45) is 0 Å². The third kappa shape index (κ3) is 3.99. The zero-order valence-electron chi connectivity index (χ0n) is 16.2. The minimum Gasteiger partial charge on any atom is -0.504 e. The molecule has 5 heteroatoms. The molecule has 4 nitrogen and oxygen atoms in total. The number of carbonyl (C=O) groups excluding carboxylic acids is 1. The van der Waals surface area contributed by atoms with Crippen LogP contribution >= 0.6 is 0 Å². The smallest absolute Gasteiger partial charge is 0.407 e. The van der Waals surface area contributed by atoms with Gasteiger partial charge in [0.2, 0.25) is 0 Å². The number of hydrogen-bond donors (Lipinski definition) is 2. The summed E-state index contributed by atoms with van der Waals surface area (Å²) in [6.45, 7) is 0.544. The number of hydrogen-bond acceptors (Lipinski definition) is 3. The molecule has 0 atom stereocenters. The Labute approximate surface area is 174 Å². The maximum absolute atomic E-state index is 13.3. The average molecular weight is 401 g/mol. The van der Waals surface area contributed by atoms with Crippen molar-refractivity contribution in [3.63, 3.8) is 0 Å². The molecule has 1 aliphatic carbocycles. The van der Waals surface area contributed by atoms with Crippen molar-refractivity contribution in [1.82, 2.24) is 5.32 Å². The Morgan fingerprint density at radius 1 is 1.00 bits per heavy atom. The van der Waals surface area contributed by atoms with Crippen LogP contribution in [-0.2, 0) is 4.74 Å². The number of amides is 1. The van der Waals surface area contributed by atoms with Gasteiger partial charge in [0, 0.05) is 18.9 Å². The van der Waals surface area contributed by atoms with E-state index in [9.17, 15) is 14.3 Å². The van der Waals surface area contributed by atoms with E-state index in [1.54, 1.807) is 0 Å². The number of rotatable bonds is 4. The minimum atomic E-state index is -0.710. The molecule has 0 saturated carbocycles. The van der Waals surface area contributed by atoms with Crippen LogP contribution in [0.3, 0.4) is 0 Å². The quantitative estimate of drug-likeness (QED) is 0.487. The van der Waals surface area contributed by atoms with E-state index in [1.807, 2.05) is 24.3 Å². The first-order chi connectivity index (χ1) is 14.6. The highest BCUT2D eigenvalue weighted by molar-refractivity contribution is 5.79. The van der Waals surface area contributed by atoms with Gasteiger partial charge in [0.1, 0.15) is 6.61 Å². The number of nitrogens with one attached hydrogen (secondary N) is 1. The molecule has 150 valence electrons. The van der Waals surface area contributed by atoms with E-state index in [4.69, 9.17) is 4.74 Å². The van der Waals surface area contributed by atoms with Gasteiger partial charge < -0.3 is 15.2 Å². The Balaban J connectivity index is 1.30. The lowest BCUT2D eigenvalue weighted by Gasteiger charge is -2.14. The molecule has 30 heavy (non-hydrogen) atoms. The summed E-state index contributed by atoms with van der Waals surface area (Å²) < 4.78 is 18.7. The van der Waals surface area contributed by atoms with Gasteiger partial charge in [-0.3, -0.25) is 0 Å². The van der Waals surface area contributed by atoms with E-state index in [-0.39, 0.29) is 18.1 Å². The van der Waals surface area contributed by atoms with Gasteiger partial charge in [0.15, 0.2) is 11.6 Å². The van der Waals surface area contributed by atoms with E-state index in [0.717, 1.165) is 11.1 Å². The SMILES string of the molecule is O=C(NCCC#Cc1cccc(F)c1O)OCC1c2ccccc2-c2ccccc21. The fraction of sp³-hybridized carbons (Fsp3) is 0.160. The number of benzene rings is 3. The summed E-state index contributed by atoms with van der Waals surface area (Å²) in [4.78, 5) is 12.1. The van der Waals surface area contributed by atoms with Crippen LogP contribution in [0.15, 0.2) is 66.7 Å². The van der Waals surface area contributed by atoms with Crippen LogP contribution in [0.25, 0.3) is 11.1 Å². The number of phenols is 1. The highest BCUT2D eigenvalue weighted by atomic mass is 19.1. The van der Waals surface area contributed by atoms with E-state index in [0.29, 0.717) is 13.0 Å². The molecule has 0 spiro atoms. The second kappa shape index (κ2) is 8.71. The largest absolute Gasteiger partial charge is 0.504 e. The second-order valence-corrected chi connectivity index (χ2v) is 6.94. The molecule has 1 aliphatic rings. The first-order valence-corrected chi connectivity index (χ1v) is 9.70. The standard InChI is InChI=1S/C25H20FNO3/c26-23-14-7-9-17(24(23)28)8-5-6-15-27-25(29)30-16-22-20-12-3-1-10-18(20)19-11-2-4-13-21(19)22/h1-4,7,9-14,22,28H,6,15-16H2,(H,27,29). The Kier molecular flexibility index (Phi) is 5.67. The molecule has 0 heterocycles. The number of para-hydroxylation sites is 1. The molecule has 0 saturated heterocycles. The maximum atomic E-state index is 13.3. The van der Waals surface area contributed by atoms with Crippen molar-refractivity contribution in [2.75, 3.05) is 13.2 Å². The summed E-state index contributed by atoms with van der Waals surface area (Å²) in [5, 5.41) is 12.3. The minimum absolute atomic E-state index is 0.0129. The summed E-state index contributed by atoms with van der Waals surface area (Å²) in [5.41, 5.74) is 4.90. The Hall–Kier alpha value is -3.78. The lowest BCUT2D eigenvalue weighted by molar-refractivity contribution is 0.143. The Morgan fingerprint density at radius 3 is 2.37 bits per heavy atom. The van der Waals surface area contributed by atoms with Crippen LogP contribution in [0.4, 0.5) is 9.18 Å². The van der Waals surface area contributed by atoms with Crippen molar-refractivity contribution in [3.05, 3.63) is 89.2 Å². The van der Waals surface area contributed by atoms with Crippen molar-refractivity contribution < 1.29 is 19.0 Å². The zero-order valence-corrected chi connectivity index (χ0v) is 16.2. The molecule has 4 rings (SSSR count). The van der Waals surface area contributed by atoms with Crippen LogP contribution in [0, 0.1) is 17.7 Å². The number of halogens is 1. The van der Waals surface area contributed by atoms with Crippen LogP contribution in [0.2, 0.25) is 0 Å². The molecule has 3 aromatic carbocycles. The molecule has 0 bridgehead atoms. The Bertz CT molecular complexity index is 1100. The van der Waals surface area contributed by atoms with Crippen molar-refractivity contribution in [3.8, 4) is 28.7 Å². The molecule has 0 aromatic heterocycles. The van der Waals surface area contributed by atoms with Crippen LogP contribution < -0.4 is 5.32 Å². The van der Waals surface area contributed by atoms with Gasteiger partial charge in [0.25, 0.3) is 0 Å². The number of aromatic hydroxyl groups is 1. The van der Waals surface area contributed by atoms with Crippen molar-refractivity contribution in [1.29, 1.82) is 0 Å².